The lowest BCUT2D eigenvalue weighted by Crippen LogP contribution is -2.30. The summed E-state index contributed by atoms with van der Waals surface area (Å²) < 4.78 is 15.2. The summed E-state index contributed by atoms with van der Waals surface area (Å²) in [7, 11) is 1.43. The van der Waals surface area contributed by atoms with Crippen LogP contribution in [-0.2, 0) is 23.8 Å². The van der Waals surface area contributed by atoms with E-state index >= 15 is 0 Å². The maximum atomic E-state index is 12.0. The Labute approximate surface area is 139 Å². The van der Waals surface area contributed by atoms with Gasteiger partial charge in [-0.1, -0.05) is 0 Å². The van der Waals surface area contributed by atoms with E-state index in [9.17, 15) is 19.7 Å². The number of carbonyl (C=O) groups is 2. The van der Waals surface area contributed by atoms with Crippen LogP contribution in [0.2, 0.25) is 0 Å². The molecule has 24 heavy (non-hydrogen) atoms. The van der Waals surface area contributed by atoms with Gasteiger partial charge in [0, 0.05) is 25.7 Å². The molecule has 8 heteroatoms. The van der Waals surface area contributed by atoms with Gasteiger partial charge in [0.25, 0.3) is 5.69 Å². The van der Waals surface area contributed by atoms with Crippen molar-refractivity contribution < 1.29 is 28.7 Å². The Hall–Kier alpha value is -2.48. The molecule has 0 saturated carbocycles. The number of ether oxygens (including phenoxy) is 3. The van der Waals surface area contributed by atoms with Crippen molar-refractivity contribution in [3.63, 3.8) is 0 Å². The number of nitro groups is 1. The first kappa shape index (κ1) is 19.6. The molecule has 0 aliphatic heterocycles. The molecule has 0 fully saturated rings. The van der Waals surface area contributed by atoms with Gasteiger partial charge in [-0.2, -0.15) is 0 Å². The van der Waals surface area contributed by atoms with Gasteiger partial charge in [0.05, 0.1) is 24.2 Å². The van der Waals surface area contributed by atoms with Crippen LogP contribution >= 0.6 is 0 Å². The smallest absolute Gasteiger partial charge is 0.320 e. The standard InChI is InChI=1S/C16H21NO7/c1-4-23-15(18)13(16(19)24-5-2)10-14(22-3)11-6-8-12(9-7-11)17(20)21/h6-9,13-14H,4-5,10H2,1-3H3. The lowest BCUT2D eigenvalue weighted by Gasteiger charge is -2.20. The average Bonchev–Trinajstić information content (AvgIpc) is 2.56. The van der Waals surface area contributed by atoms with Gasteiger partial charge in [-0.3, -0.25) is 19.7 Å². The fraction of sp³-hybridized carbons (Fsp3) is 0.500. The molecule has 0 N–H and O–H groups in total. The molecule has 0 spiro atoms. The number of nitrogens with zero attached hydrogens (tertiary/aromatic N) is 1. The summed E-state index contributed by atoms with van der Waals surface area (Å²) in [5, 5.41) is 10.7. The van der Waals surface area contributed by atoms with Gasteiger partial charge in [0.15, 0.2) is 5.92 Å². The normalized spacial score (nSPS) is 11.8. The lowest BCUT2D eigenvalue weighted by atomic mass is 9.96. The Morgan fingerprint density at radius 1 is 1.08 bits per heavy atom. The SMILES string of the molecule is CCOC(=O)C(CC(OC)c1ccc([N+](=O)[O-])cc1)C(=O)OCC. The second-order valence-corrected chi connectivity index (χ2v) is 4.87. The average molecular weight is 339 g/mol. The summed E-state index contributed by atoms with van der Waals surface area (Å²) in [5.41, 5.74) is 0.558. The van der Waals surface area contributed by atoms with E-state index < -0.39 is 28.9 Å². The van der Waals surface area contributed by atoms with Gasteiger partial charge in [-0.05, 0) is 31.5 Å². The van der Waals surface area contributed by atoms with Crippen LogP contribution in [-0.4, -0.2) is 37.2 Å². The van der Waals surface area contributed by atoms with Crippen molar-refractivity contribution in [2.24, 2.45) is 5.92 Å². The quantitative estimate of drug-likeness (QED) is 0.294. The lowest BCUT2D eigenvalue weighted by molar-refractivity contribution is -0.384. The first-order valence-corrected chi connectivity index (χ1v) is 7.54. The van der Waals surface area contributed by atoms with Crippen LogP contribution in [0.4, 0.5) is 5.69 Å². The van der Waals surface area contributed by atoms with Crippen LogP contribution in [0.15, 0.2) is 24.3 Å². The van der Waals surface area contributed by atoms with Crippen LogP contribution in [0.5, 0.6) is 0 Å². The molecule has 0 amide bonds. The molecule has 132 valence electrons. The minimum atomic E-state index is -1.12. The molecule has 1 rings (SSSR count). The van der Waals surface area contributed by atoms with E-state index in [4.69, 9.17) is 14.2 Å². The third-order valence-corrected chi connectivity index (χ3v) is 3.35. The van der Waals surface area contributed by atoms with Crippen molar-refractivity contribution in [2.45, 2.75) is 26.4 Å². The second-order valence-electron chi connectivity index (χ2n) is 4.87. The van der Waals surface area contributed by atoms with E-state index in [2.05, 4.69) is 0 Å². The maximum Gasteiger partial charge on any atom is 0.320 e. The van der Waals surface area contributed by atoms with Crippen LogP contribution in [0.1, 0.15) is 31.9 Å². The van der Waals surface area contributed by atoms with Gasteiger partial charge in [0.2, 0.25) is 0 Å². The predicted molar refractivity (Wildman–Crippen MR) is 84.2 cm³/mol. The Morgan fingerprint density at radius 2 is 1.58 bits per heavy atom. The molecule has 8 nitrogen and oxygen atoms in total. The van der Waals surface area contributed by atoms with E-state index in [0.717, 1.165) is 0 Å². The highest BCUT2D eigenvalue weighted by Crippen LogP contribution is 2.27. The minimum absolute atomic E-state index is 0.0198. The predicted octanol–water partition coefficient (Wildman–Crippen LogP) is 2.41. The van der Waals surface area contributed by atoms with Crippen molar-refractivity contribution in [1.82, 2.24) is 0 Å². The maximum absolute atomic E-state index is 12.0. The Kier molecular flexibility index (Phi) is 7.84. The summed E-state index contributed by atoms with van der Waals surface area (Å²) in [6, 6.07) is 5.73. The largest absolute Gasteiger partial charge is 0.465 e. The molecule has 0 saturated heterocycles. The zero-order chi connectivity index (χ0) is 18.1. The molecule has 0 heterocycles. The summed E-state index contributed by atoms with van der Waals surface area (Å²) in [6.45, 7) is 3.57. The highest BCUT2D eigenvalue weighted by Gasteiger charge is 2.33. The van der Waals surface area contributed by atoms with E-state index in [0.29, 0.717) is 5.56 Å². The summed E-state index contributed by atoms with van der Waals surface area (Å²) in [4.78, 5) is 34.2. The number of hydrogen-bond acceptors (Lipinski definition) is 7. The number of esters is 2. The number of rotatable bonds is 9. The van der Waals surface area contributed by atoms with Gasteiger partial charge in [-0.15, -0.1) is 0 Å². The first-order valence-electron chi connectivity index (χ1n) is 7.54. The molecule has 1 atom stereocenters. The van der Waals surface area contributed by atoms with Crippen molar-refractivity contribution in [2.75, 3.05) is 20.3 Å². The molecular formula is C16H21NO7. The third kappa shape index (κ3) is 5.31. The molecule has 0 aliphatic rings. The number of carbonyl (C=O) groups excluding carboxylic acids is 2. The van der Waals surface area contributed by atoms with Crippen LogP contribution in [0, 0.1) is 16.0 Å². The number of non-ortho nitro benzene ring substituents is 1. The van der Waals surface area contributed by atoms with Crippen LogP contribution in [0.25, 0.3) is 0 Å². The second kappa shape index (κ2) is 9.61. The Morgan fingerprint density at radius 3 is 1.96 bits per heavy atom. The van der Waals surface area contributed by atoms with E-state index in [1.54, 1.807) is 13.8 Å². The molecule has 1 aromatic rings. The minimum Gasteiger partial charge on any atom is -0.465 e. The van der Waals surface area contributed by atoms with Crippen molar-refractivity contribution in [3.8, 4) is 0 Å². The fourth-order valence-electron chi connectivity index (χ4n) is 2.17. The zero-order valence-electron chi connectivity index (χ0n) is 13.9. The highest BCUT2D eigenvalue weighted by molar-refractivity contribution is 5.94. The first-order chi connectivity index (χ1) is 11.4. The zero-order valence-corrected chi connectivity index (χ0v) is 13.9. The van der Waals surface area contributed by atoms with Crippen molar-refractivity contribution in [3.05, 3.63) is 39.9 Å². The molecular weight excluding hydrogens is 318 g/mol. The van der Waals surface area contributed by atoms with E-state index in [-0.39, 0.29) is 25.3 Å². The highest BCUT2D eigenvalue weighted by atomic mass is 16.6. The molecule has 0 aromatic heterocycles. The molecule has 0 bridgehead atoms. The van der Waals surface area contributed by atoms with Crippen molar-refractivity contribution in [1.29, 1.82) is 0 Å². The van der Waals surface area contributed by atoms with E-state index in [1.165, 1.54) is 31.4 Å². The topological polar surface area (TPSA) is 105 Å². The summed E-state index contributed by atoms with van der Waals surface area (Å²) >= 11 is 0. The summed E-state index contributed by atoms with van der Waals surface area (Å²) in [6.07, 6.45) is -0.587. The van der Waals surface area contributed by atoms with Gasteiger partial charge < -0.3 is 14.2 Å². The number of methoxy groups -OCH3 is 1. The number of nitro benzene ring substituents is 1. The van der Waals surface area contributed by atoms with Crippen molar-refractivity contribution >= 4 is 17.6 Å². The molecule has 0 radical (unpaired) electrons. The number of benzene rings is 1. The van der Waals surface area contributed by atoms with Gasteiger partial charge in [-0.25, -0.2) is 0 Å². The molecule has 1 unspecified atom stereocenters. The molecule has 0 aliphatic carbocycles. The third-order valence-electron chi connectivity index (χ3n) is 3.35. The molecule has 1 aromatic carbocycles. The summed E-state index contributed by atoms with van der Waals surface area (Å²) in [5.74, 6) is -2.48. The monoisotopic (exact) mass is 339 g/mol. The fourth-order valence-corrected chi connectivity index (χ4v) is 2.17. The van der Waals surface area contributed by atoms with Gasteiger partial charge in [0.1, 0.15) is 0 Å². The van der Waals surface area contributed by atoms with Crippen LogP contribution in [0.3, 0.4) is 0 Å². The van der Waals surface area contributed by atoms with E-state index in [1.807, 2.05) is 0 Å². The number of hydrogen-bond donors (Lipinski definition) is 0. The van der Waals surface area contributed by atoms with Crippen LogP contribution < -0.4 is 0 Å². The Bertz CT molecular complexity index is 552. The van der Waals surface area contributed by atoms with Gasteiger partial charge >= 0.3 is 11.9 Å². The Balaban J connectivity index is 2.96.